The molecule has 1 N–H and O–H groups in total. The summed E-state index contributed by atoms with van der Waals surface area (Å²) in [6.45, 7) is 1.33. The first-order chi connectivity index (χ1) is 8.77. The van der Waals surface area contributed by atoms with Gasteiger partial charge in [-0.2, -0.15) is 5.10 Å². The second kappa shape index (κ2) is 6.37. The van der Waals surface area contributed by atoms with Crippen molar-refractivity contribution in [2.45, 2.75) is 12.6 Å². The fraction of sp³-hybridized carbons (Fsp3) is 0.500. The smallest absolute Gasteiger partial charge is 0.0883 e. The summed E-state index contributed by atoms with van der Waals surface area (Å²) in [4.78, 5) is 1.05. The van der Waals surface area contributed by atoms with Crippen molar-refractivity contribution in [1.82, 2.24) is 24.7 Å². The average Bonchev–Trinajstić information content (AvgIpc) is 3.00. The van der Waals surface area contributed by atoms with Crippen LogP contribution in [0.1, 0.15) is 16.6 Å². The predicted octanol–water partition coefficient (Wildman–Crippen LogP) is 1.45. The first-order valence-electron chi connectivity index (χ1n) is 5.42. The van der Waals surface area contributed by atoms with Crippen molar-refractivity contribution in [1.29, 1.82) is 0 Å². The molecule has 0 aliphatic heterocycles. The van der Waals surface area contributed by atoms with Gasteiger partial charge in [-0.15, -0.1) is 5.10 Å². The minimum atomic E-state index is 0.0266. The van der Waals surface area contributed by atoms with E-state index >= 15 is 0 Å². The van der Waals surface area contributed by atoms with Crippen LogP contribution in [0.25, 0.3) is 0 Å². The predicted molar refractivity (Wildman–Crippen MR) is 72.6 cm³/mol. The SMILES string of the molecule is CNC(c1cnns1)c1c(Br)cnn1CCOC. The van der Waals surface area contributed by atoms with Crippen LogP contribution in [0.3, 0.4) is 0 Å². The van der Waals surface area contributed by atoms with Crippen molar-refractivity contribution in [3.05, 3.63) is 27.4 Å². The third-order valence-electron chi connectivity index (χ3n) is 2.57. The Bertz CT molecular complexity index is 486. The molecular formula is C10H14BrN5OS. The molecule has 1 unspecified atom stereocenters. The molecule has 18 heavy (non-hydrogen) atoms. The lowest BCUT2D eigenvalue weighted by Crippen LogP contribution is -2.22. The number of rotatable bonds is 6. The summed E-state index contributed by atoms with van der Waals surface area (Å²) in [6, 6.07) is 0.0266. The molecule has 0 saturated carbocycles. The molecule has 0 aromatic carbocycles. The van der Waals surface area contributed by atoms with Crippen LogP contribution < -0.4 is 5.32 Å². The van der Waals surface area contributed by atoms with Crippen LogP contribution in [-0.4, -0.2) is 40.1 Å². The summed E-state index contributed by atoms with van der Waals surface area (Å²) < 4.78 is 11.9. The fourth-order valence-corrected chi connectivity index (χ4v) is 2.87. The molecule has 0 amide bonds. The van der Waals surface area contributed by atoms with Gasteiger partial charge in [0.25, 0.3) is 0 Å². The molecule has 0 aliphatic rings. The van der Waals surface area contributed by atoms with E-state index in [1.165, 1.54) is 11.5 Å². The highest BCUT2D eigenvalue weighted by atomic mass is 79.9. The van der Waals surface area contributed by atoms with E-state index in [9.17, 15) is 0 Å². The standard InChI is InChI=1S/C10H14BrN5OS/c1-12-9(8-6-13-15-18-8)10-7(11)5-14-16(10)3-4-17-2/h5-6,9,12H,3-4H2,1-2H3. The molecule has 2 heterocycles. The van der Waals surface area contributed by atoms with Crippen LogP contribution in [-0.2, 0) is 11.3 Å². The Morgan fingerprint density at radius 2 is 2.39 bits per heavy atom. The summed E-state index contributed by atoms with van der Waals surface area (Å²) in [5, 5.41) is 11.5. The van der Waals surface area contributed by atoms with E-state index in [4.69, 9.17) is 4.74 Å². The third kappa shape index (κ3) is 2.77. The number of methoxy groups -OCH3 is 1. The number of nitrogens with one attached hydrogen (secondary N) is 1. The van der Waals surface area contributed by atoms with E-state index in [1.807, 2.05) is 11.7 Å². The maximum atomic E-state index is 5.10. The van der Waals surface area contributed by atoms with Crippen LogP contribution in [0.15, 0.2) is 16.9 Å². The first-order valence-corrected chi connectivity index (χ1v) is 6.99. The van der Waals surface area contributed by atoms with Gasteiger partial charge in [0, 0.05) is 7.11 Å². The third-order valence-corrected chi connectivity index (χ3v) is 3.90. The molecule has 2 aromatic rings. The minimum absolute atomic E-state index is 0.0266. The number of hydrogen-bond donors (Lipinski definition) is 1. The molecule has 0 aliphatic carbocycles. The molecule has 6 nitrogen and oxygen atoms in total. The molecule has 0 radical (unpaired) electrons. The van der Waals surface area contributed by atoms with E-state index in [-0.39, 0.29) is 6.04 Å². The second-order valence-electron chi connectivity index (χ2n) is 3.64. The van der Waals surface area contributed by atoms with Crippen LogP contribution in [0, 0.1) is 0 Å². The van der Waals surface area contributed by atoms with Gasteiger partial charge in [-0.05, 0) is 34.5 Å². The second-order valence-corrected chi connectivity index (χ2v) is 5.31. The molecule has 98 valence electrons. The molecule has 0 saturated heterocycles. The topological polar surface area (TPSA) is 64.9 Å². The van der Waals surface area contributed by atoms with E-state index in [2.05, 4.69) is 35.9 Å². The van der Waals surface area contributed by atoms with Crippen molar-refractivity contribution in [2.24, 2.45) is 0 Å². The van der Waals surface area contributed by atoms with Crippen molar-refractivity contribution in [3.8, 4) is 0 Å². The van der Waals surface area contributed by atoms with Gasteiger partial charge < -0.3 is 10.1 Å². The highest BCUT2D eigenvalue weighted by Gasteiger charge is 2.22. The molecule has 2 aromatic heterocycles. The number of aromatic nitrogens is 4. The Kier molecular flexibility index (Phi) is 4.81. The summed E-state index contributed by atoms with van der Waals surface area (Å²) >= 11 is 4.91. The normalized spacial score (nSPS) is 12.8. The highest BCUT2D eigenvalue weighted by Crippen LogP contribution is 2.29. The Balaban J connectivity index is 2.32. The van der Waals surface area contributed by atoms with Crippen molar-refractivity contribution >= 4 is 27.5 Å². The van der Waals surface area contributed by atoms with Crippen LogP contribution in [0.2, 0.25) is 0 Å². The van der Waals surface area contributed by atoms with E-state index in [0.29, 0.717) is 13.2 Å². The van der Waals surface area contributed by atoms with Gasteiger partial charge in [-0.25, -0.2) is 0 Å². The number of halogens is 1. The summed E-state index contributed by atoms with van der Waals surface area (Å²) in [5.41, 5.74) is 1.06. The van der Waals surface area contributed by atoms with Crippen LogP contribution in [0.5, 0.6) is 0 Å². The van der Waals surface area contributed by atoms with Crippen molar-refractivity contribution < 1.29 is 4.74 Å². The highest BCUT2D eigenvalue weighted by molar-refractivity contribution is 9.10. The van der Waals surface area contributed by atoms with Crippen LogP contribution >= 0.6 is 27.5 Å². The molecule has 8 heteroatoms. The van der Waals surface area contributed by atoms with Gasteiger partial charge in [-0.1, -0.05) is 4.49 Å². The zero-order chi connectivity index (χ0) is 13.0. The molecule has 1 atom stereocenters. The number of nitrogens with zero attached hydrogens (tertiary/aromatic N) is 4. The van der Waals surface area contributed by atoms with Crippen molar-refractivity contribution in [2.75, 3.05) is 20.8 Å². The van der Waals surface area contributed by atoms with E-state index in [0.717, 1.165) is 15.0 Å². The van der Waals surface area contributed by atoms with Gasteiger partial charge in [0.05, 0.1) is 46.6 Å². The molecule has 2 rings (SSSR count). The monoisotopic (exact) mass is 331 g/mol. The Morgan fingerprint density at radius 1 is 1.56 bits per heavy atom. The Morgan fingerprint density at radius 3 is 3.00 bits per heavy atom. The number of ether oxygens (including phenoxy) is 1. The van der Waals surface area contributed by atoms with Gasteiger partial charge in [0.2, 0.25) is 0 Å². The molecule has 0 spiro atoms. The maximum absolute atomic E-state index is 5.10. The summed E-state index contributed by atoms with van der Waals surface area (Å²) in [7, 11) is 3.59. The van der Waals surface area contributed by atoms with Gasteiger partial charge in [-0.3, -0.25) is 4.68 Å². The molecular weight excluding hydrogens is 318 g/mol. The van der Waals surface area contributed by atoms with E-state index < -0.39 is 0 Å². The number of hydrogen-bond acceptors (Lipinski definition) is 6. The molecule has 0 fully saturated rings. The van der Waals surface area contributed by atoms with Crippen LogP contribution in [0.4, 0.5) is 0 Å². The van der Waals surface area contributed by atoms with Gasteiger partial charge in [0.1, 0.15) is 0 Å². The Labute approximate surface area is 118 Å². The lowest BCUT2D eigenvalue weighted by molar-refractivity contribution is 0.182. The fourth-order valence-electron chi connectivity index (χ4n) is 1.73. The van der Waals surface area contributed by atoms with Gasteiger partial charge in [0.15, 0.2) is 0 Å². The van der Waals surface area contributed by atoms with E-state index in [1.54, 1.807) is 19.5 Å². The summed E-state index contributed by atoms with van der Waals surface area (Å²) in [6.07, 6.45) is 3.57. The average molecular weight is 332 g/mol. The first kappa shape index (κ1) is 13.6. The zero-order valence-electron chi connectivity index (χ0n) is 10.1. The minimum Gasteiger partial charge on any atom is -0.383 e. The lowest BCUT2D eigenvalue weighted by Gasteiger charge is -2.16. The quantitative estimate of drug-likeness (QED) is 0.867. The zero-order valence-corrected chi connectivity index (χ0v) is 12.5. The Hall–Kier alpha value is -0.830. The lowest BCUT2D eigenvalue weighted by atomic mass is 10.2. The largest absolute Gasteiger partial charge is 0.383 e. The molecule has 0 bridgehead atoms. The maximum Gasteiger partial charge on any atom is 0.0883 e. The van der Waals surface area contributed by atoms with Crippen molar-refractivity contribution in [3.63, 3.8) is 0 Å². The summed E-state index contributed by atoms with van der Waals surface area (Å²) in [5.74, 6) is 0. The van der Waals surface area contributed by atoms with Gasteiger partial charge >= 0.3 is 0 Å².